The van der Waals surface area contributed by atoms with Crippen LogP contribution in [0.5, 0.6) is 0 Å². The van der Waals surface area contributed by atoms with Crippen LogP contribution in [0.25, 0.3) is 5.69 Å². The van der Waals surface area contributed by atoms with Crippen molar-refractivity contribution in [1.82, 2.24) is 15.1 Å². The van der Waals surface area contributed by atoms with Gasteiger partial charge in [0.25, 0.3) is 5.91 Å². The standard InChI is InChI=1S/C24H35N3O3/c1-6-10-19(11-7-2)25-23(28)18-12-14-20(15-13-18)27-22(17(5)8-3)16-21(26-27)24(29)30-9-4/h12-17,19H,6-11H2,1-5H3,(H,25,28)/t17-/m1/s1. The highest BCUT2D eigenvalue weighted by Gasteiger charge is 2.20. The van der Waals surface area contributed by atoms with Gasteiger partial charge >= 0.3 is 5.97 Å². The van der Waals surface area contributed by atoms with E-state index in [0.717, 1.165) is 43.5 Å². The van der Waals surface area contributed by atoms with E-state index in [4.69, 9.17) is 4.74 Å². The molecule has 0 spiro atoms. The molecule has 6 nitrogen and oxygen atoms in total. The molecule has 0 saturated heterocycles. The first kappa shape index (κ1) is 23.6. The number of amides is 1. The summed E-state index contributed by atoms with van der Waals surface area (Å²) >= 11 is 0. The van der Waals surface area contributed by atoms with Gasteiger partial charge in [-0.25, -0.2) is 9.48 Å². The van der Waals surface area contributed by atoms with E-state index in [2.05, 4.69) is 38.1 Å². The van der Waals surface area contributed by atoms with Gasteiger partial charge in [-0.15, -0.1) is 0 Å². The Morgan fingerprint density at radius 2 is 1.70 bits per heavy atom. The van der Waals surface area contributed by atoms with Crippen molar-refractivity contribution in [2.45, 2.75) is 78.7 Å². The fourth-order valence-corrected chi connectivity index (χ4v) is 3.48. The summed E-state index contributed by atoms with van der Waals surface area (Å²) in [7, 11) is 0. The summed E-state index contributed by atoms with van der Waals surface area (Å²) in [6.45, 7) is 10.6. The Labute approximate surface area is 180 Å². The molecular weight excluding hydrogens is 378 g/mol. The Balaban J connectivity index is 2.26. The van der Waals surface area contributed by atoms with Crippen molar-refractivity contribution in [2.24, 2.45) is 0 Å². The summed E-state index contributed by atoms with van der Waals surface area (Å²) in [5.74, 6) is -0.245. The highest BCUT2D eigenvalue weighted by molar-refractivity contribution is 5.94. The molecule has 6 heteroatoms. The van der Waals surface area contributed by atoms with Crippen molar-refractivity contribution in [3.8, 4) is 5.69 Å². The van der Waals surface area contributed by atoms with Gasteiger partial charge in [-0.1, -0.05) is 40.5 Å². The zero-order valence-corrected chi connectivity index (χ0v) is 18.9. The summed E-state index contributed by atoms with van der Waals surface area (Å²) in [5, 5.41) is 7.62. The summed E-state index contributed by atoms with van der Waals surface area (Å²) in [5.41, 5.74) is 2.69. The van der Waals surface area contributed by atoms with Crippen LogP contribution < -0.4 is 5.32 Å². The van der Waals surface area contributed by atoms with Gasteiger partial charge in [0.15, 0.2) is 5.69 Å². The highest BCUT2D eigenvalue weighted by atomic mass is 16.5. The van der Waals surface area contributed by atoms with Crippen LogP contribution in [-0.2, 0) is 4.74 Å². The Hall–Kier alpha value is -2.63. The average Bonchev–Trinajstić information content (AvgIpc) is 3.19. The lowest BCUT2D eigenvalue weighted by molar-refractivity contribution is 0.0518. The third kappa shape index (κ3) is 5.94. The highest BCUT2D eigenvalue weighted by Crippen LogP contribution is 2.24. The van der Waals surface area contributed by atoms with Crippen molar-refractivity contribution in [1.29, 1.82) is 0 Å². The summed E-state index contributed by atoms with van der Waals surface area (Å²) in [6.07, 6.45) is 4.99. The number of hydrogen-bond acceptors (Lipinski definition) is 4. The largest absolute Gasteiger partial charge is 0.461 e. The molecule has 0 aliphatic carbocycles. The SMILES string of the molecule is CCCC(CCC)NC(=O)c1ccc(-n2nc(C(=O)OCC)cc2[C@H](C)CC)cc1. The number of aromatic nitrogens is 2. The van der Waals surface area contributed by atoms with E-state index in [1.54, 1.807) is 17.7 Å². The van der Waals surface area contributed by atoms with E-state index in [1.165, 1.54) is 0 Å². The first-order valence-corrected chi connectivity index (χ1v) is 11.1. The van der Waals surface area contributed by atoms with E-state index in [1.807, 2.05) is 24.3 Å². The molecule has 0 saturated carbocycles. The van der Waals surface area contributed by atoms with Crippen molar-refractivity contribution in [3.63, 3.8) is 0 Å². The van der Waals surface area contributed by atoms with Gasteiger partial charge in [-0.2, -0.15) is 5.10 Å². The Morgan fingerprint density at radius 3 is 2.23 bits per heavy atom. The third-order valence-corrected chi connectivity index (χ3v) is 5.32. The normalized spacial score (nSPS) is 12.1. The fourth-order valence-electron chi connectivity index (χ4n) is 3.48. The molecule has 30 heavy (non-hydrogen) atoms. The zero-order chi connectivity index (χ0) is 22.1. The number of ether oxygens (including phenoxy) is 1. The first-order chi connectivity index (χ1) is 14.4. The molecule has 1 atom stereocenters. The van der Waals surface area contributed by atoms with E-state index in [9.17, 15) is 9.59 Å². The number of esters is 1. The van der Waals surface area contributed by atoms with E-state index >= 15 is 0 Å². The van der Waals surface area contributed by atoms with Crippen LogP contribution in [0.2, 0.25) is 0 Å². The first-order valence-electron chi connectivity index (χ1n) is 11.1. The third-order valence-electron chi connectivity index (χ3n) is 5.32. The van der Waals surface area contributed by atoms with Gasteiger partial charge in [0.1, 0.15) is 0 Å². The minimum atomic E-state index is -0.422. The van der Waals surface area contributed by atoms with Crippen LogP contribution in [-0.4, -0.2) is 34.3 Å². The number of carbonyl (C=O) groups excluding carboxylic acids is 2. The minimum absolute atomic E-state index is 0.0525. The van der Waals surface area contributed by atoms with E-state index in [-0.39, 0.29) is 17.9 Å². The smallest absolute Gasteiger partial charge is 0.358 e. The Bertz CT molecular complexity index is 821. The second-order valence-electron chi connectivity index (χ2n) is 7.69. The molecule has 2 rings (SSSR count). The molecule has 0 unspecified atom stereocenters. The monoisotopic (exact) mass is 413 g/mol. The predicted molar refractivity (Wildman–Crippen MR) is 119 cm³/mol. The Kier molecular flexibility index (Phi) is 9.09. The number of nitrogens with zero attached hydrogens (tertiary/aromatic N) is 2. The lowest BCUT2D eigenvalue weighted by atomic mass is 10.0. The fraction of sp³-hybridized carbons (Fsp3) is 0.542. The zero-order valence-electron chi connectivity index (χ0n) is 18.9. The van der Waals surface area contributed by atoms with Gasteiger partial charge < -0.3 is 10.1 Å². The summed E-state index contributed by atoms with van der Waals surface area (Å²) < 4.78 is 6.88. The quantitative estimate of drug-likeness (QED) is 0.510. The van der Waals surface area contributed by atoms with Crippen LogP contribution in [0.3, 0.4) is 0 Å². The lowest BCUT2D eigenvalue weighted by Crippen LogP contribution is -2.34. The second-order valence-corrected chi connectivity index (χ2v) is 7.69. The van der Waals surface area contributed by atoms with Crippen molar-refractivity contribution in [3.05, 3.63) is 47.3 Å². The average molecular weight is 414 g/mol. The van der Waals surface area contributed by atoms with Gasteiger partial charge in [0, 0.05) is 17.3 Å². The molecule has 0 fully saturated rings. The predicted octanol–water partition coefficient (Wildman–Crippen LogP) is 5.26. The van der Waals surface area contributed by atoms with E-state index in [0.29, 0.717) is 17.9 Å². The molecule has 1 heterocycles. The van der Waals surface area contributed by atoms with E-state index < -0.39 is 5.97 Å². The van der Waals surface area contributed by atoms with Crippen LogP contribution in [0.4, 0.5) is 0 Å². The van der Waals surface area contributed by atoms with Crippen molar-refractivity contribution < 1.29 is 14.3 Å². The molecule has 0 aliphatic heterocycles. The lowest BCUT2D eigenvalue weighted by Gasteiger charge is -2.17. The van der Waals surface area contributed by atoms with Gasteiger partial charge in [0.2, 0.25) is 0 Å². The molecule has 1 N–H and O–H groups in total. The summed E-state index contributed by atoms with van der Waals surface area (Å²) in [6, 6.07) is 9.38. The molecule has 1 amide bonds. The molecule has 1 aromatic carbocycles. The minimum Gasteiger partial charge on any atom is -0.461 e. The molecular formula is C24H35N3O3. The van der Waals surface area contributed by atoms with Gasteiger partial charge in [-0.3, -0.25) is 4.79 Å². The molecule has 0 aliphatic rings. The van der Waals surface area contributed by atoms with Crippen LogP contribution in [0.15, 0.2) is 30.3 Å². The number of hydrogen-bond donors (Lipinski definition) is 1. The maximum absolute atomic E-state index is 12.6. The second kappa shape index (κ2) is 11.5. The maximum atomic E-state index is 12.6. The number of carbonyl (C=O) groups is 2. The molecule has 2 aromatic rings. The number of nitrogens with one attached hydrogen (secondary N) is 1. The number of rotatable bonds is 11. The Morgan fingerprint density at radius 1 is 1.07 bits per heavy atom. The molecule has 0 radical (unpaired) electrons. The maximum Gasteiger partial charge on any atom is 0.358 e. The topological polar surface area (TPSA) is 73.2 Å². The van der Waals surface area contributed by atoms with Crippen LogP contribution in [0.1, 0.15) is 99.2 Å². The van der Waals surface area contributed by atoms with Gasteiger partial charge in [-0.05, 0) is 62.4 Å². The van der Waals surface area contributed by atoms with Crippen molar-refractivity contribution >= 4 is 11.9 Å². The van der Waals surface area contributed by atoms with Crippen LogP contribution in [0, 0.1) is 0 Å². The van der Waals surface area contributed by atoms with Gasteiger partial charge in [0.05, 0.1) is 12.3 Å². The summed E-state index contributed by atoms with van der Waals surface area (Å²) in [4.78, 5) is 24.8. The molecule has 0 bridgehead atoms. The van der Waals surface area contributed by atoms with Crippen molar-refractivity contribution in [2.75, 3.05) is 6.61 Å². The number of benzene rings is 1. The molecule has 164 valence electrons. The van der Waals surface area contributed by atoms with Crippen LogP contribution >= 0.6 is 0 Å². The molecule has 1 aromatic heterocycles.